The van der Waals surface area contributed by atoms with Gasteiger partial charge < -0.3 is 19.6 Å². The van der Waals surface area contributed by atoms with E-state index in [1.165, 1.54) is 0 Å². The lowest BCUT2D eigenvalue weighted by Gasteiger charge is -2.16. The topological polar surface area (TPSA) is 106 Å². The zero-order valence-electron chi connectivity index (χ0n) is 15.3. The second kappa shape index (κ2) is 8.03. The normalized spacial score (nSPS) is 12.2. The van der Waals surface area contributed by atoms with Crippen molar-refractivity contribution in [3.05, 3.63) is 39.7 Å². The van der Waals surface area contributed by atoms with Crippen LogP contribution in [0.3, 0.4) is 0 Å². The van der Waals surface area contributed by atoms with E-state index in [1.54, 1.807) is 25.1 Å². The van der Waals surface area contributed by atoms with Gasteiger partial charge in [-0.15, -0.1) is 0 Å². The summed E-state index contributed by atoms with van der Waals surface area (Å²) < 4.78 is 10.7. The SMILES string of the molecule is Cc1c(C)c2ccc(OCC(=O)N[C@@H](CC(C)C)C(=O)O)cc2oc1=O. The number of amides is 1. The van der Waals surface area contributed by atoms with Crippen molar-refractivity contribution in [2.45, 2.75) is 40.2 Å². The number of fused-ring (bicyclic) bond motifs is 1. The van der Waals surface area contributed by atoms with Gasteiger partial charge in [-0.1, -0.05) is 13.8 Å². The minimum Gasteiger partial charge on any atom is -0.484 e. The summed E-state index contributed by atoms with van der Waals surface area (Å²) in [5.41, 5.74) is 1.34. The van der Waals surface area contributed by atoms with E-state index in [0.717, 1.165) is 10.9 Å². The molecule has 140 valence electrons. The summed E-state index contributed by atoms with van der Waals surface area (Å²) in [5.74, 6) is -1.12. The number of rotatable bonds is 7. The van der Waals surface area contributed by atoms with Crippen LogP contribution in [0.2, 0.25) is 0 Å². The second-order valence-corrected chi connectivity index (χ2v) is 6.67. The van der Waals surface area contributed by atoms with Gasteiger partial charge in [-0.25, -0.2) is 9.59 Å². The maximum atomic E-state index is 12.0. The summed E-state index contributed by atoms with van der Waals surface area (Å²) in [6, 6.07) is 4.02. The molecule has 0 aliphatic carbocycles. The second-order valence-electron chi connectivity index (χ2n) is 6.67. The van der Waals surface area contributed by atoms with Crippen LogP contribution in [-0.2, 0) is 9.59 Å². The van der Waals surface area contributed by atoms with Gasteiger partial charge in [0.1, 0.15) is 17.4 Å². The maximum Gasteiger partial charge on any atom is 0.339 e. The van der Waals surface area contributed by atoms with Gasteiger partial charge in [0.15, 0.2) is 6.61 Å². The number of aliphatic carboxylic acids is 1. The van der Waals surface area contributed by atoms with Crippen molar-refractivity contribution in [1.82, 2.24) is 5.32 Å². The summed E-state index contributed by atoms with van der Waals surface area (Å²) in [4.78, 5) is 34.9. The van der Waals surface area contributed by atoms with E-state index in [1.807, 2.05) is 20.8 Å². The third-order valence-corrected chi connectivity index (χ3v) is 4.14. The number of aryl methyl sites for hydroxylation is 1. The zero-order valence-corrected chi connectivity index (χ0v) is 15.3. The van der Waals surface area contributed by atoms with E-state index in [-0.39, 0.29) is 12.5 Å². The van der Waals surface area contributed by atoms with E-state index in [0.29, 0.717) is 23.3 Å². The number of benzene rings is 1. The van der Waals surface area contributed by atoms with E-state index in [4.69, 9.17) is 14.3 Å². The lowest BCUT2D eigenvalue weighted by molar-refractivity contribution is -0.142. The molecule has 7 nitrogen and oxygen atoms in total. The van der Waals surface area contributed by atoms with Crippen LogP contribution in [0.5, 0.6) is 5.75 Å². The van der Waals surface area contributed by atoms with Crippen molar-refractivity contribution in [3.8, 4) is 5.75 Å². The van der Waals surface area contributed by atoms with Crippen molar-refractivity contribution in [3.63, 3.8) is 0 Å². The highest BCUT2D eigenvalue weighted by atomic mass is 16.5. The molecule has 1 aromatic carbocycles. The molecule has 2 N–H and O–H groups in total. The van der Waals surface area contributed by atoms with Crippen LogP contribution in [0.1, 0.15) is 31.4 Å². The Morgan fingerprint density at radius 1 is 1.23 bits per heavy atom. The average molecular weight is 361 g/mol. The molecule has 0 saturated carbocycles. The molecule has 1 aromatic heterocycles. The van der Waals surface area contributed by atoms with Gasteiger partial charge in [0, 0.05) is 17.0 Å². The lowest BCUT2D eigenvalue weighted by atomic mass is 10.0. The average Bonchev–Trinajstić information content (AvgIpc) is 2.56. The van der Waals surface area contributed by atoms with E-state index >= 15 is 0 Å². The molecule has 0 unspecified atom stereocenters. The van der Waals surface area contributed by atoms with Gasteiger partial charge in [0.05, 0.1) is 0 Å². The Morgan fingerprint density at radius 2 is 1.92 bits per heavy atom. The monoisotopic (exact) mass is 361 g/mol. The summed E-state index contributed by atoms with van der Waals surface area (Å²) in [6.07, 6.45) is 0.334. The van der Waals surface area contributed by atoms with Crippen molar-refractivity contribution in [2.24, 2.45) is 5.92 Å². The molecule has 0 spiro atoms. The van der Waals surface area contributed by atoms with Crippen LogP contribution >= 0.6 is 0 Å². The fraction of sp³-hybridized carbons (Fsp3) is 0.421. The standard InChI is InChI=1S/C19H23NO6/c1-10(2)7-15(18(22)23)20-17(21)9-25-13-5-6-14-11(3)12(4)19(24)26-16(14)8-13/h5-6,8,10,15H,7,9H2,1-4H3,(H,20,21)(H,22,23)/t15-/m0/s1. The number of carbonyl (C=O) groups is 2. The highest BCUT2D eigenvalue weighted by molar-refractivity contribution is 5.85. The minimum absolute atomic E-state index is 0.132. The number of carboxylic acid groups (broad SMARTS) is 1. The van der Waals surface area contributed by atoms with Crippen LogP contribution in [0, 0.1) is 19.8 Å². The summed E-state index contributed by atoms with van der Waals surface area (Å²) >= 11 is 0. The molecule has 0 saturated heterocycles. The summed E-state index contributed by atoms with van der Waals surface area (Å²) in [5, 5.41) is 12.4. The van der Waals surface area contributed by atoms with E-state index in [2.05, 4.69) is 5.32 Å². The van der Waals surface area contributed by atoms with Gasteiger partial charge in [-0.2, -0.15) is 0 Å². The molecule has 0 aliphatic heterocycles. The fourth-order valence-corrected chi connectivity index (χ4v) is 2.60. The number of nitrogens with one attached hydrogen (secondary N) is 1. The van der Waals surface area contributed by atoms with Gasteiger partial charge >= 0.3 is 11.6 Å². The molecule has 0 fully saturated rings. The van der Waals surface area contributed by atoms with Crippen LogP contribution < -0.4 is 15.7 Å². The molecule has 0 radical (unpaired) electrons. The van der Waals surface area contributed by atoms with Crippen LogP contribution in [0.25, 0.3) is 11.0 Å². The predicted molar refractivity (Wildman–Crippen MR) is 96.5 cm³/mol. The molecule has 2 aromatic rings. The van der Waals surface area contributed by atoms with E-state index in [9.17, 15) is 14.4 Å². The smallest absolute Gasteiger partial charge is 0.339 e. The minimum atomic E-state index is -1.08. The third kappa shape index (κ3) is 4.62. The van der Waals surface area contributed by atoms with Crippen LogP contribution in [0.15, 0.2) is 27.4 Å². The maximum absolute atomic E-state index is 12.0. The third-order valence-electron chi connectivity index (χ3n) is 4.14. The molecular weight excluding hydrogens is 338 g/mol. The first kappa shape index (κ1) is 19.5. The predicted octanol–water partition coefficient (Wildman–Crippen LogP) is 2.40. The fourth-order valence-electron chi connectivity index (χ4n) is 2.60. The number of hydrogen-bond acceptors (Lipinski definition) is 5. The molecule has 26 heavy (non-hydrogen) atoms. The Labute approximate surface area is 151 Å². The highest BCUT2D eigenvalue weighted by Gasteiger charge is 2.21. The Morgan fingerprint density at radius 3 is 2.54 bits per heavy atom. The van der Waals surface area contributed by atoms with Gasteiger partial charge in [-0.05, 0) is 43.9 Å². The summed E-state index contributed by atoms with van der Waals surface area (Å²) in [6.45, 7) is 6.97. The van der Waals surface area contributed by atoms with Gasteiger partial charge in [-0.3, -0.25) is 4.79 Å². The Kier molecular flexibility index (Phi) is 6.02. The Balaban J connectivity index is 2.07. The van der Waals surface area contributed by atoms with Crippen LogP contribution in [-0.4, -0.2) is 29.6 Å². The Hall–Kier alpha value is -2.83. The van der Waals surface area contributed by atoms with Crippen molar-refractivity contribution in [2.75, 3.05) is 6.61 Å². The molecular formula is C19H23NO6. The number of carbonyl (C=O) groups excluding carboxylic acids is 1. The van der Waals surface area contributed by atoms with Crippen molar-refractivity contribution >= 4 is 22.8 Å². The van der Waals surface area contributed by atoms with Crippen molar-refractivity contribution in [1.29, 1.82) is 0 Å². The molecule has 2 rings (SSSR count). The van der Waals surface area contributed by atoms with E-state index < -0.39 is 23.5 Å². The molecule has 1 atom stereocenters. The molecule has 1 amide bonds. The Bertz CT molecular complexity index is 883. The molecule has 1 heterocycles. The lowest BCUT2D eigenvalue weighted by Crippen LogP contribution is -2.43. The summed E-state index contributed by atoms with van der Waals surface area (Å²) in [7, 11) is 0. The van der Waals surface area contributed by atoms with Crippen LogP contribution in [0.4, 0.5) is 0 Å². The highest BCUT2D eigenvalue weighted by Crippen LogP contribution is 2.23. The first-order valence-corrected chi connectivity index (χ1v) is 8.38. The number of ether oxygens (including phenoxy) is 1. The molecule has 7 heteroatoms. The molecule has 0 bridgehead atoms. The van der Waals surface area contributed by atoms with Gasteiger partial charge in [0.25, 0.3) is 5.91 Å². The largest absolute Gasteiger partial charge is 0.484 e. The van der Waals surface area contributed by atoms with Gasteiger partial charge in [0.2, 0.25) is 0 Å². The first-order chi connectivity index (χ1) is 12.2. The first-order valence-electron chi connectivity index (χ1n) is 8.38. The molecule has 0 aliphatic rings. The van der Waals surface area contributed by atoms with Crippen molar-refractivity contribution < 1.29 is 23.8 Å². The number of hydrogen-bond donors (Lipinski definition) is 2. The zero-order chi connectivity index (χ0) is 19.4. The number of carboxylic acids is 1. The quantitative estimate of drug-likeness (QED) is 0.734.